The predicted molar refractivity (Wildman–Crippen MR) is 78.3 cm³/mol. The Morgan fingerprint density at radius 3 is 2.16 bits per heavy atom. The summed E-state index contributed by atoms with van der Waals surface area (Å²) >= 11 is 0. The first-order valence-electron chi connectivity index (χ1n) is 6.48. The maximum Gasteiger partial charge on any atom is 0.167 e. The lowest BCUT2D eigenvalue weighted by atomic mass is 9.99. The average molecular weight is 253 g/mol. The minimum atomic E-state index is 0.145. The molecule has 0 aromatic heterocycles. The zero-order chi connectivity index (χ0) is 13.8. The predicted octanol–water partition coefficient (Wildman–Crippen LogP) is 3.19. The van der Waals surface area contributed by atoms with Gasteiger partial charge in [-0.1, -0.05) is 42.5 Å². The standard InChI is InChI=1S/C17H19NO/c1-12-3-4-15(9-13(12)2)10-17(19)16-7-5-14(11-18)6-8-16/h3-9H,10-11,18H2,1-2H3. The van der Waals surface area contributed by atoms with E-state index in [1.165, 1.54) is 11.1 Å². The van der Waals surface area contributed by atoms with E-state index in [0.29, 0.717) is 13.0 Å². The summed E-state index contributed by atoms with van der Waals surface area (Å²) in [5.41, 5.74) is 10.9. The van der Waals surface area contributed by atoms with Crippen molar-refractivity contribution in [2.45, 2.75) is 26.8 Å². The number of benzene rings is 2. The first-order chi connectivity index (χ1) is 9.10. The van der Waals surface area contributed by atoms with Crippen LogP contribution >= 0.6 is 0 Å². The number of carbonyl (C=O) groups excluding carboxylic acids is 1. The molecular weight excluding hydrogens is 234 g/mol. The van der Waals surface area contributed by atoms with Gasteiger partial charge in [0.15, 0.2) is 5.78 Å². The Labute approximate surface area is 114 Å². The van der Waals surface area contributed by atoms with Gasteiger partial charge in [0.1, 0.15) is 0 Å². The summed E-state index contributed by atoms with van der Waals surface area (Å²) in [4.78, 5) is 12.2. The Morgan fingerprint density at radius 2 is 1.58 bits per heavy atom. The van der Waals surface area contributed by atoms with Gasteiger partial charge in [0, 0.05) is 18.5 Å². The highest BCUT2D eigenvalue weighted by molar-refractivity contribution is 5.97. The molecule has 0 atom stereocenters. The molecule has 0 amide bonds. The molecule has 2 heteroatoms. The van der Waals surface area contributed by atoms with Crippen LogP contribution in [0.5, 0.6) is 0 Å². The van der Waals surface area contributed by atoms with E-state index >= 15 is 0 Å². The molecule has 0 saturated carbocycles. The fourth-order valence-electron chi connectivity index (χ4n) is 2.03. The quantitative estimate of drug-likeness (QED) is 0.850. The van der Waals surface area contributed by atoms with Gasteiger partial charge in [0.05, 0.1) is 0 Å². The Morgan fingerprint density at radius 1 is 0.947 bits per heavy atom. The number of aryl methyl sites for hydroxylation is 2. The van der Waals surface area contributed by atoms with Crippen LogP contribution in [-0.4, -0.2) is 5.78 Å². The molecule has 2 nitrogen and oxygen atoms in total. The second-order valence-corrected chi connectivity index (χ2v) is 4.92. The van der Waals surface area contributed by atoms with Crippen molar-refractivity contribution >= 4 is 5.78 Å². The number of hydrogen-bond donors (Lipinski definition) is 1. The molecule has 98 valence electrons. The van der Waals surface area contributed by atoms with Gasteiger partial charge in [-0.05, 0) is 36.1 Å². The van der Waals surface area contributed by atoms with E-state index in [4.69, 9.17) is 5.73 Å². The second-order valence-electron chi connectivity index (χ2n) is 4.92. The normalized spacial score (nSPS) is 10.5. The Bertz CT molecular complexity index is 585. The Hall–Kier alpha value is -1.93. The zero-order valence-corrected chi connectivity index (χ0v) is 11.4. The van der Waals surface area contributed by atoms with Crippen LogP contribution in [0.4, 0.5) is 0 Å². The molecule has 0 unspecified atom stereocenters. The number of nitrogens with two attached hydrogens (primary N) is 1. The number of rotatable bonds is 4. The van der Waals surface area contributed by atoms with Crippen LogP contribution in [0.15, 0.2) is 42.5 Å². The molecule has 19 heavy (non-hydrogen) atoms. The lowest BCUT2D eigenvalue weighted by Crippen LogP contribution is -2.05. The maximum atomic E-state index is 12.2. The third kappa shape index (κ3) is 3.30. The van der Waals surface area contributed by atoms with Gasteiger partial charge >= 0.3 is 0 Å². The van der Waals surface area contributed by atoms with Gasteiger partial charge < -0.3 is 5.73 Å². The number of carbonyl (C=O) groups is 1. The summed E-state index contributed by atoms with van der Waals surface area (Å²) in [6, 6.07) is 13.7. The van der Waals surface area contributed by atoms with Crippen LogP contribution in [0.3, 0.4) is 0 Å². The molecule has 0 heterocycles. The Balaban J connectivity index is 2.13. The Kier molecular flexibility index (Phi) is 4.13. The fraction of sp³-hybridized carbons (Fsp3) is 0.235. The van der Waals surface area contributed by atoms with E-state index in [0.717, 1.165) is 16.7 Å². The van der Waals surface area contributed by atoms with Crippen molar-refractivity contribution in [1.82, 2.24) is 0 Å². The molecule has 2 aromatic rings. The molecule has 2 N–H and O–H groups in total. The smallest absolute Gasteiger partial charge is 0.167 e. The number of ketones is 1. The summed E-state index contributed by atoms with van der Waals surface area (Å²) < 4.78 is 0. The second kappa shape index (κ2) is 5.81. The minimum absolute atomic E-state index is 0.145. The van der Waals surface area contributed by atoms with Crippen LogP contribution < -0.4 is 5.73 Å². The van der Waals surface area contributed by atoms with Crippen molar-refractivity contribution in [2.75, 3.05) is 0 Å². The minimum Gasteiger partial charge on any atom is -0.326 e. The fourth-order valence-corrected chi connectivity index (χ4v) is 2.03. The van der Waals surface area contributed by atoms with Crippen LogP contribution in [0, 0.1) is 13.8 Å². The number of hydrogen-bond acceptors (Lipinski definition) is 2. The van der Waals surface area contributed by atoms with E-state index < -0.39 is 0 Å². The molecule has 0 fully saturated rings. The number of Topliss-reactive ketones (excluding diaryl/α,β-unsaturated/α-hetero) is 1. The van der Waals surface area contributed by atoms with Gasteiger partial charge in [0.25, 0.3) is 0 Å². The van der Waals surface area contributed by atoms with Gasteiger partial charge in [-0.2, -0.15) is 0 Å². The SMILES string of the molecule is Cc1ccc(CC(=O)c2ccc(CN)cc2)cc1C. The topological polar surface area (TPSA) is 43.1 Å². The molecular formula is C17H19NO. The van der Waals surface area contributed by atoms with Crippen molar-refractivity contribution in [3.05, 3.63) is 70.3 Å². The molecule has 0 aliphatic heterocycles. The third-order valence-electron chi connectivity index (χ3n) is 3.45. The largest absolute Gasteiger partial charge is 0.326 e. The highest BCUT2D eigenvalue weighted by atomic mass is 16.1. The molecule has 0 radical (unpaired) electrons. The van der Waals surface area contributed by atoms with Crippen molar-refractivity contribution < 1.29 is 4.79 Å². The molecule has 2 aromatic carbocycles. The van der Waals surface area contributed by atoms with Crippen molar-refractivity contribution in [1.29, 1.82) is 0 Å². The van der Waals surface area contributed by atoms with Crippen LogP contribution in [0.25, 0.3) is 0 Å². The van der Waals surface area contributed by atoms with E-state index in [2.05, 4.69) is 26.0 Å². The lowest BCUT2D eigenvalue weighted by Gasteiger charge is -2.05. The summed E-state index contributed by atoms with van der Waals surface area (Å²) in [5.74, 6) is 0.145. The van der Waals surface area contributed by atoms with Gasteiger partial charge in [-0.25, -0.2) is 0 Å². The average Bonchev–Trinajstić information content (AvgIpc) is 2.43. The van der Waals surface area contributed by atoms with Gasteiger partial charge in [-0.15, -0.1) is 0 Å². The van der Waals surface area contributed by atoms with Crippen molar-refractivity contribution in [3.63, 3.8) is 0 Å². The van der Waals surface area contributed by atoms with Crippen molar-refractivity contribution in [2.24, 2.45) is 5.73 Å². The van der Waals surface area contributed by atoms with Gasteiger partial charge in [0.2, 0.25) is 0 Å². The molecule has 2 rings (SSSR count). The molecule has 0 spiro atoms. The van der Waals surface area contributed by atoms with E-state index in [1.54, 1.807) is 0 Å². The molecule has 0 aliphatic rings. The third-order valence-corrected chi connectivity index (χ3v) is 3.45. The molecule has 0 aliphatic carbocycles. The van der Waals surface area contributed by atoms with E-state index in [9.17, 15) is 4.79 Å². The summed E-state index contributed by atoms with van der Waals surface area (Å²) in [6.45, 7) is 4.65. The van der Waals surface area contributed by atoms with Crippen molar-refractivity contribution in [3.8, 4) is 0 Å². The molecule has 0 bridgehead atoms. The van der Waals surface area contributed by atoms with Crippen LogP contribution in [-0.2, 0) is 13.0 Å². The summed E-state index contributed by atoms with van der Waals surface area (Å²) in [5, 5.41) is 0. The van der Waals surface area contributed by atoms with Gasteiger partial charge in [-0.3, -0.25) is 4.79 Å². The molecule has 0 saturated heterocycles. The first kappa shape index (κ1) is 13.5. The van der Waals surface area contributed by atoms with Crippen LogP contribution in [0.1, 0.15) is 32.6 Å². The highest BCUT2D eigenvalue weighted by Gasteiger charge is 2.07. The van der Waals surface area contributed by atoms with Crippen LogP contribution in [0.2, 0.25) is 0 Å². The highest BCUT2D eigenvalue weighted by Crippen LogP contribution is 2.13. The first-order valence-corrected chi connectivity index (χ1v) is 6.48. The lowest BCUT2D eigenvalue weighted by molar-refractivity contribution is 0.0993. The summed E-state index contributed by atoms with van der Waals surface area (Å²) in [6.07, 6.45) is 0.448. The zero-order valence-electron chi connectivity index (χ0n) is 11.4. The monoisotopic (exact) mass is 253 g/mol. The van der Waals surface area contributed by atoms with E-state index in [-0.39, 0.29) is 5.78 Å². The maximum absolute atomic E-state index is 12.2. The van der Waals surface area contributed by atoms with E-state index in [1.807, 2.05) is 30.3 Å². The summed E-state index contributed by atoms with van der Waals surface area (Å²) in [7, 11) is 0.